The van der Waals surface area contributed by atoms with Crippen LogP contribution in [0.4, 0.5) is 5.69 Å². The van der Waals surface area contributed by atoms with Gasteiger partial charge in [-0.2, -0.15) is 0 Å². The van der Waals surface area contributed by atoms with E-state index in [0.29, 0.717) is 25.2 Å². The van der Waals surface area contributed by atoms with Crippen LogP contribution in [0.3, 0.4) is 0 Å². The van der Waals surface area contributed by atoms with Gasteiger partial charge in [0.1, 0.15) is 6.04 Å². The maximum Gasteiger partial charge on any atom is 0.245 e. The number of hydrogen-bond acceptors (Lipinski definition) is 4. The fourth-order valence-electron chi connectivity index (χ4n) is 4.05. The van der Waals surface area contributed by atoms with Crippen LogP contribution in [0.15, 0.2) is 48.7 Å². The van der Waals surface area contributed by atoms with Crippen LogP contribution in [0.25, 0.3) is 10.9 Å². The smallest absolute Gasteiger partial charge is 0.245 e. The molecule has 0 bridgehead atoms. The number of hydrogen-bond donors (Lipinski definition) is 4. The van der Waals surface area contributed by atoms with Crippen molar-refractivity contribution in [3.05, 3.63) is 65.4 Å². The molecule has 1 aliphatic heterocycles. The van der Waals surface area contributed by atoms with Crippen molar-refractivity contribution in [3.63, 3.8) is 0 Å². The number of nitrogens with zero attached hydrogens (tertiary/aromatic N) is 1. The monoisotopic (exact) mass is 491 g/mol. The minimum atomic E-state index is -1.08. The van der Waals surface area contributed by atoms with Gasteiger partial charge in [-0.15, -0.1) is 24.8 Å². The number of nitrogen functional groups attached to an aromatic ring is 1. The molecule has 9 heteroatoms. The van der Waals surface area contributed by atoms with Gasteiger partial charge < -0.3 is 26.7 Å². The van der Waals surface area contributed by atoms with Gasteiger partial charge in [0.05, 0.1) is 5.54 Å². The standard InChI is InChI=1S/C24H29N5O2.2ClH/c1-24(2,26)23(31)28-21(12-16-13-27-20-6-4-3-5-19(16)20)22(30)29-10-9-15-7-8-18(25)11-17(15)14-29;;/h3-8,11,13,21,27H,9-10,12,14,25-26H2,1-2H3,(H,28,31);2*1H. The van der Waals surface area contributed by atoms with Crippen molar-refractivity contribution in [1.82, 2.24) is 15.2 Å². The van der Waals surface area contributed by atoms with E-state index in [1.807, 2.05) is 48.7 Å². The molecule has 2 heterocycles. The Morgan fingerprint density at radius 2 is 1.88 bits per heavy atom. The molecule has 178 valence electrons. The predicted molar refractivity (Wildman–Crippen MR) is 137 cm³/mol. The average Bonchev–Trinajstić information content (AvgIpc) is 3.14. The van der Waals surface area contributed by atoms with Gasteiger partial charge in [0, 0.05) is 42.3 Å². The number of amides is 2. The normalized spacial score (nSPS) is 14.0. The van der Waals surface area contributed by atoms with E-state index < -0.39 is 11.6 Å². The fourth-order valence-corrected chi connectivity index (χ4v) is 4.05. The molecular formula is C24H31Cl2N5O2. The highest BCUT2D eigenvalue weighted by Crippen LogP contribution is 2.24. The number of carbonyl (C=O) groups excluding carboxylic acids is 2. The van der Waals surface area contributed by atoms with E-state index in [-0.39, 0.29) is 36.6 Å². The Bertz CT molecular complexity index is 1140. The second kappa shape index (κ2) is 10.5. The Morgan fingerprint density at radius 3 is 2.61 bits per heavy atom. The number of para-hydroxylation sites is 1. The number of nitrogens with two attached hydrogens (primary N) is 2. The van der Waals surface area contributed by atoms with Crippen molar-refractivity contribution < 1.29 is 9.59 Å². The lowest BCUT2D eigenvalue weighted by atomic mass is 9.97. The van der Waals surface area contributed by atoms with Gasteiger partial charge in [-0.1, -0.05) is 24.3 Å². The van der Waals surface area contributed by atoms with Crippen LogP contribution in [-0.4, -0.2) is 39.8 Å². The molecule has 0 fully saturated rings. The first kappa shape index (κ1) is 26.5. The average molecular weight is 492 g/mol. The molecule has 0 saturated heterocycles. The number of H-pyrrole nitrogens is 1. The molecule has 0 spiro atoms. The summed E-state index contributed by atoms with van der Waals surface area (Å²) < 4.78 is 0. The van der Waals surface area contributed by atoms with Crippen LogP contribution < -0.4 is 16.8 Å². The Hall–Kier alpha value is -2.74. The van der Waals surface area contributed by atoms with E-state index in [2.05, 4.69) is 10.3 Å². The maximum absolute atomic E-state index is 13.5. The highest BCUT2D eigenvalue weighted by Gasteiger charge is 2.32. The third-order valence-corrected chi connectivity index (χ3v) is 5.84. The Balaban J connectivity index is 0.00000193. The van der Waals surface area contributed by atoms with E-state index in [9.17, 15) is 9.59 Å². The summed E-state index contributed by atoms with van der Waals surface area (Å²) in [6.07, 6.45) is 3.04. The summed E-state index contributed by atoms with van der Waals surface area (Å²) in [5, 5.41) is 3.94. The Labute approximate surface area is 206 Å². The number of benzene rings is 2. The molecule has 1 aliphatic rings. The molecule has 1 aromatic heterocycles. The molecule has 0 radical (unpaired) electrons. The highest BCUT2D eigenvalue weighted by atomic mass is 35.5. The Kier molecular flexibility index (Phi) is 8.41. The van der Waals surface area contributed by atoms with Crippen molar-refractivity contribution in [1.29, 1.82) is 0 Å². The van der Waals surface area contributed by atoms with Crippen molar-refractivity contribution in [2.24, 2.45) is 5.73 Å². The number of aromatic amines is 1. The molecule has 6 N–H and O–H groups in total. The van der Waals surface area contributed by atoms with Gasteiger partial charge in [-0.05, 0) is 55.2 Å². The first-order valence-corrected chi connectivity index (χ1v) is 10.5. The van der Waals surface area contributed by atoms with Gasteiger partial charge >= 0.3 is 0 Å². The van der Waals surface area contributed by atoms with Crippen molar-refractivity contribution >= 4 is 53.2 Å². The summed E-state index contributed by atoms with van der Waals surface area (Å²) in [7, 11) is 0. The Morgan fingerprint density at radius 1 is 1.15 bits per heavy atom. The number of anilines is 1. The number of aromatic nitrogens is 1. The molecule has 4 rings (SSSR count). The van der Waals surface area contributed by atoms with E-state index >= 15 is 0 Å². The SMILES string of the molecule is CC(C)(N)C(=O)NC(Cc1c[nH]c2ccccc12)C(=O)N1CCc2ccc(N)cc2C1.Cl.Cl. The summed E-state index contributed by atoms with van der Waals surface area (Å²) >= 11 is 0. The summed E-state index contributed by atoms with van der Waals surface area (Å²) in [5.41, 5.74) is 15.8. The number of carbonyl (C=O) groups is 2. The van der Waals surface area contributed by atoms with E-state index in [1.165, 1.54) is 5.56 Å². The van der Waals surface area contributed by atoms with Crippen molar-refractivity contribution in [3.8, 4) is 0 Å². The second-order valence-corrected chi connectivity index (χ2v) is 8.85. The van der Waals surface area contributed by atoms with Crippen LogP contribution in [0.5, 0.6) is 0 Å². The van der Waals surface area contributed by atoms with Gasteiger partial charge in [-0.25, -0.2) is 0 Å². The zero-order valence-corrected chi connectivity index (χ0v) is 20.4. The summed E-state index contributed by atoms with van der Waals surface area (Å²) in [4.78, 5) is 31.2. The molecule has 33 heavy (non-hydrogen) atoms. The molecule has 2 amide bonds. The summed E-state index contributed by atoms with van der Waals surface area (Å²) in [5.74, 6) is -0.469. The van der Waals surface area contributed by atoms with Gasteiger partial charge in [0.15, 0.2) is 0 Å². The molecular weight excluding hydrogens is 461 g/mol. The molecule has 2 aromatic carbocycles. The molecule has 1 atom stereocenters. The first-order chi connectivity index (χ1) is 14.7. The fraction of sp³-hybridized carbons (Fsp3) is 0.333. The summed E-state index contributed by atoms with van der Waals surface area (Å²) in [6.45, 7) is 4.35. The largest absolute Gasteiger partial charge is 0.399 e. The minimum Gasteiger partial charge on any atom is -0.399 e. The molecule has 7 nitrogen and oxygen atoms in total. The van der Waals surface area contributed by atoms with Crippen LogP contribution in [-0.2, 0) is 29.0 Å². The maximum atomic E-state index is 13.5. The number of fused-ring (bicyclic) bond motifs is 2. The number of halogens is 2. The van der Waals surface area contributed by atoms with E-state index in [0.717, 1.165) is 28.5 Å². The van der Waals surface area contributed by atoms with Crippen LogP contribution >= 0.6 is 24.8 Å². The second-order valence-electron chi connectivity index (χ2n) is 8.85. The molecule has 0 aliphatic carbocycles. The van der Waals surface area contributed by atoms with Crippen LogP contribution in [0.1, 0.15) is 30.5 Å². The van der Waals surface area contributed by atoms with Gasteiger partial charge in [0.2, 0.25) is 11.8 Å². The van der Waals surface area contributed by atoms with E-state index in [4.69, 9.17) is 11.5 Å². The minimum absolute atomic E-state index is 0. The number of nitrogens with one attached hydrogen (secondary N) is 2. The quantitative estimate of drug-likeness (QED) is 0.410. The molecule has 3 aromatic rings. The summed E-state index contributed by atoms with van der Waals surface area (Å²) in [6, 6.07) is 13.0. The topological polar surface area (TPSA) is 117 Å². The van der Waals surface area contributed by atoms with Crippen molar-refractivity contribution in [2.45, 2.75) is 44.8 Å². The highest BCUT2D eigenvalue weighted by molar-refractivity contribution is 5.92. The zero-order chi connectivity index (χ0) is 22.2. The third-order valence-electron chi connectivity index (χ3n) is 5.84. The van der Waals surface area contributed by atoms with Crippen LogP contribution in [0.2, 0.25) is 0 Å². The lowest BCUT2D eigenvalue weighted by Gasteiger charge is -2.33. The lowest BCUT2D eigenvalue weighted by Crippen LogP contribution is -2.57. The number of rotatable bonds is 5. The molecule has 0 saturated carbocycles. The van der Waals surface area contributed by atoms with E-state index in [1.54, 1.807) is 18.7 Å². The predicted octanol–water partition coefficient (Wildman–Crippen LogP) is 2.94. The zero-order valence-electron chi connectivity index (χ0n) is 18.8. The third kappa shape index (κ3) is 5.79. The molecule has 1 unspecified atom stereocenters. The van der Waals surface area contributed by atoms with Gasteiger partial charge in [-0.3, -0.25) is 9.59 Å². The van der Waals surface area contributed by atoms with Crippen LogP contribution in [0, 0.1) is 0 Å². The lowest BCUT2D eigenvalue weighted by molar-refractivity contribution is -0.138. The van der Waals surface area contributed by atoms with Gasteiger partial charge in [0.25, 0.3) is 0 Å². The van der Waals surface area contributed by atoms with Crippen molar-refractivity contribution in [2.75, 3.05) is 12.3 Å². The first-order valence-electron chi connectivity index (χ1n) is 10.5.